The molecule has 3 heteroatoms. The van der Waals surface area contributed by atoms with Crippen LogP contribution in [0, 0.1) is 0 Å². The number of ketones is 1. The van der Waals surface area contributed by atoms with E-state index in [2.05, 4.69) is 0 Å². The van der Waals surface area contributed by atoms with E-state index in [9.17, 15) is 9.59 Å². The van der Waals surface area contributed by atoms with Gasteiger partial charge in [-0.05, 0) is 23.9 Å². The van der Waals surface area contributed by atoms with Crippen molar-refractivity contribution in [3.8, 4) is 11.1 Å². The van der Waals surface area contributed by atoms with Gasteiger partial charge in [-0.2, -0.15) is 0 Å². The molecule has 2 rings (SSSR count). The van der Waals surface area contributed by atoms with Crippen LogP contribution in [-0.2, 0) is 0 Å². The van der Waals surface area contributed by atoms with Crippen LogP contribution in [0.4, 0.5) is 0 Å². The third-order valence-electron chi connectivity index (χ3n) is 2.36. The lowest BCUT2D eigenvalue weighted by atomic mass is 10.0. The summed E-state index contributed by atoms with van der Waals surface area (Å²) in [7, 11) is 0. The highest BCUT2D eigenvalue weighted by atomic mass is 32.1. The number of aldehydes is 1. The topological polar surface area (TPSA) is 34.1 Å². The third kappa shape index (κ3) is 1.82. The molecule has 0 spiro atoms. The first kappa shape index (κ1) is 10.8. The monoisotopic (exact) mass is 230 g/mol. The SMILES string of the molecule is CC(=O)c1sccc1-c1ccccc1C=O. The second-order valence-electron chi connectivity index (χ2n) is 3.42. The van der Waals surface area contributed by atoms with E-state index in [1.807, 2.05) is 29.6 Å². The van der Waals surface area contributed by atoms with E-state index in [-0.39, 0.29) is 5.78 Å². The molecule has 0 saturated heterocycles. The van der Waals surface area contributed by atoms with Crippen molar-refractivity contribution in [2.45, 2.75) is 6.92 Å². The maximum absolute atomic E-state index is 11.4. The summed E-state index contributed by atoms with van der Waals surface area (Å²) in [6, 6.07) is 9.17. The Bertz CT molecular complexity index is 540. The molecule has 2 aromatic rings. The fraction of sp³-hybridized carbons (Fsp3) is 0.0769. The molecular weight excluding hydrogens is 220 g/mol. The van der Waals surface area contributed by atoms with Crippen molar-refractivity contribution in [2.75, 3.05) is 0 Å². The van der Waals surface area contributed by atoms with Crippen molar-refractivity contribution in [1.29, 1.82) is 0 Å². The fourth-order valence-corrected chi connectivity index (χ4v) is 2.45. The van der Waals surface area contributed by atoms with E-state index in [4.69, 9.17) is 0 Å². The van der Waals surface area contributed by atoms with Crippen LogP contribution in [0.1, 0.15) is 27.0 Å². The molecule has 0 N–H and O–H groups in total. The van der Waals surface area contributed by atoms with E-state index in [0.29, 0.717) is 10.4 Å². The van der Waals surface area contributed by atoms with E-state index < -0.39 is 0 Å². The highest BCUT2D eigenvalue weighted by Gasteiger charge is 2.12. The predicted molar refractivity (Wildman–Crippen MR) is 65.1 cm³/mol. The van der Waals surface area contributed by atoms with E-state index >= 15 is 0 Å². The number of benzene rings is 1. The van der Waals surface area contributed by atoms with Gasteiger partial charge in [0.25, 0.3) is 0 Å². The third-order valence-corrected chi connectivity index (χ3v) is 3.38. The smallest absolute Gasteiger partial charge is 0.170 e. The Labute approximate surface area is 97.5 Å². The van der Waals surface area contributed by atoms with Crippen molar-refractivity contribution in [3.05, 3.63) is 46.2 Å². The number of carbonyl (C=O) groups excluding carboxylic acids is 2. The van der Waals surface area contributed by atoms with Crippen molar-refractivity contribution < 1.29 is 9.59 Å². The molecule has 0 atom stereocenters. The molecule has 2 nitrogen and oxygen atoms in total. The summed E-state index contributed by atoms with van der Waals surface area (Å²) in [5.74, 6) is 0.0331. The van der Waals surface area contributed by atoms with Crippen LogP contribution < -0.4 is 0 Å². The second-order valence-corrected chi connectivity index (χ2v) is 4.34. The van der Waals surface area contributed by atoms with Crippen LogP contribution in [0.2, 0.25) is 0 Å². The number of Topliss-reactive ketones (excluding diaryl/α,β-unsaturated/α-hetero) is 1. The van der Waals surface area contributed by atoms with Gasteiger partial charge >= 0.3 is 0 Å². The Morgan fingerprint density at radius 1 is 1.19 bits per heavy atom. The van der Waals surface area contributed by atoms with Gasteiger partial charge in [0.1, 0.15) is 0 Å². The molecule has 0 amide bonds. The van der Waals surface area contributed by atoms with E-state index in [1.54, 1.807) is 13.0 Å². The average Bonchev–Trinajstić information content (AvgIpc) is 2.77. The summed E-state index contributed by atoms with van der Waals surface area (Å²) in [4.78, 5) is 23.0. The first-order chi connectivity index (χ1) is 7.74. The molecule has 0 radical (unpaired) electrons. The molecule has 0 bridgehead atoms. The molecular formula is C13H10O2S. The Morgan fingerprint density at radius 2 is 1.94 bits per heavy atom. The van der Waals surface area contributed by atoms with Crippen LogP contribution in [-0.4, -0.2) is 12.1 Å². The van der Waals surface area contributed by atoms with Crippen molar-refractivity contribution in [1.82, 2.24) is 0 Å². The molecule has 0 aliphatic carbocycles. The molecule has 0 unspecified atom stereocenters. The van der Waals surface area contributed by atoms with Crippen LogP contribution >= 0.6 is 11.3 Å². The van der Waals surface area contributed by atoms with Gasteiger partial charge in [0.2, 0.25) is 0 Å². The maximum Gasteiger partial charge on any atom is 0.170 e. The van der Waals surface area contributed by atoms with Gasteiger partial charge in [0.05, 0.1) is 4.88 Å². The second kappa shape index (κ2) is 4.41. The predicted octanol–water partition coefficient (Wildman–Crippen LogP) is 3.43. The highest BCUT2D eigenvalue weighted by molar-refractivity contribution is 7.12. The molecule has 1 aromatic heterocycles. The summed E-state index contributed by atoms with van der Waals surface area (Å²) >= 11 is 1.41. The molecule has 16 heavy (non-hydrogen) atoms. The molecule has 0 aliphatic heterocycles. The van der Waals surface area contributed by atoms with Gasteiger partial charge in [0.15, 0.2) is 12.1 Å². The minimum atomic E-state index is 0.0331. The number of hydrogen-bond donors (Lipinski definition) is 0. The number of thiophene rings is 1. The van der Waals surface area contributed by atoms with Crippen LogP contribution in [0.3, 0.4) is 0 Å². The molecule has 0 aliphatic rings. The Morgan fingerprint density at radius 3 is 2.62 bits per heavy atom. The van der Waals surface area contributed by atoms with Gasteiger partial charge in [0, 0.05) is 11.1 Å². The van der Waals surface area contributed by atoms with Crippen LogP contribution in [0.15, 0.2) is 35.7 Å². The summed E-state index contributed by atoms with van der Waals surface area (Å²) in [5.41, 5.74) is 2.28. The van der Waals surface area contributed by atoms with Gasteiger partial charge in [-0.25, -0.2) is 0 Å². The summed E-state index contributed by atoms with van der Waals surface area (Å²) in [6.07, 6.45) is 0.816. The van der Waals surface area contributed by atoms with Crippen LogP contribution in [0.25, 0.3) is 11.1 Å². The van der Waals surface area contributed by atoms with Crippen molar-refractivity contribution >= 4 is 23.4 Å². The minimum Gasteiger partial charge on any atom is -0.298 e. The Hall–Kier alpha value is -1.74. The van der Waals surface area contributed by atoms with Crippen molar-refractivity contribution in [3.63, 3.8) is 0 Å². The van der Waals surface area contributed by atoms with Gasteiger partial charge < -0.3 is 0 Å². The standard InChI is InChI=1S/C13H10O2S/c1-9(15)13-12(6-7-16-13)11-5-3-2-4-10(11)8-14/h2-8H,1H3. The van der Waals surface area contributed by atoms with E-state index in [0.717, 1.165) is 17.4 Å². The number of hydrogen-bond acceptors (Lipinski definition) is 3. The molecule has 0 fully saturated rings. The largest absolute Gasteiger partial charge is 0.298 e. The van der Waals surface area contributed by atoms with E-state index in [1.165, 1.54) is 11.3 Å². The van der Waals surface area contributed by atoms with Crippen LogP contribution in [0.5, 0.6) is 0 Å². The van der Waals surface area contributed by atoms with Gasteiger partial charge in [-0.1, -0.05) is 24.3 Å². The Balaban J connectivity index is 2.63. The number of rotatable bonds is 3. The fourth-order valence-electron chi connectivity index (χ4n) is 1.64. The lowest BCUT2D eigenvalue weighted by Gasteiger charge is -2.04. The molecule has 1 aromatic carbocycles. The minimum absolute atomic E-state index is 0.0331. The zero-order chi connectivity index (χ0) is 11.5. The zero-order valence-corrected chi connectivity index (χ0v) is 9.58. The molecule has 80 valence electrons. The molecule has 0 saturated carbocycles. The lowest BCUT2D eigenvalue weighted by molar-refractivity contribution is 0.102. The highest BCUT2D eigenvalue weighted by Crippen LogP contribution is 2.30. The summed E-state index contributed by atoms with van der Waals surface area (Å²) in [6.45, 7) is 1.54. The number of carbonyl (C=O) groups is 2. The first-order valence-corrected chi connectivity index (χ1v) is 5.75. The lowest BCUT2D eigenvalue weighted by Crippen LogP contribution is -1.93. The summed E-state index contributed by atoms with van der Waals surface area (Å²) in [5, 5.41) is 1.87. The maximum atomic E-state index is 11.4. The summed E-state index contributed by atoms with van der Waals surface area (Å²) < 4.78 is 0. The average molecular weight is 230 g/mol. The van der Waals surface area contributed by atoms with Gasteiger partial charge in [-0.3, -0.25) is 9.59 Å². The quantitative estimate of drug-likeness (QED) is 0.598. The molecule has 1 heterocycles. The Kier molecular flexibility index (Phi) is 2.97. The van der Waals surface area contributed by atoms with Crippen molar-refractivity contribution in [2.24, 2.45) is 0 Å². The van der Waals surface area contributed by atoms with Gasteiger partial charge in [-0.15, -0.1) is 11.3 Å². The zero-order valence-electron chi connectivity index (χ0n) is 8.77. The normalized spacial score (nSPS) is 10.1. The first-order valence-electron chi connectivity index (χ1n) is 4.87.